The summed E-state index contributed by atoms with van der Waals surface area (Å²) >= 11 is 0. The van der Waals surface area contributed by atoms with Gasteiger partial charge in [-0.25, -0.2) is 0 Å². The molecule has 0 aliphatic heterocycles. The van der Waals surface area contributed by atoms with E-state index in [9.17, 15) is 0 Å². The van der Waals surface area contributed by atoms with Crippen LogP contribution in [-0.4, -0.2) is 0 Å². The molecule has 0 aliphatic rings. The summed E-state index contributed by atoms with van der Waals surface area (Å²) in [5.41, 5.74) is 2.53. The van der Waals surface area contributed by atoms with Crippen LogP contribution in [0.2, 0.25) is 0 Å². The van der Waals surface area contributed by atoms with Gasteiger partial charge in [0.1, 0.15) is 0 Å². The number of hydrogen-bond acceptors (Lipinski definition) is 0. The maximum atomic E-state index is 3.97. The highest BCUT2D eigenvalue weighted by atomic mass is 14.0. The van der Waals surface area contributed by atoms with Crippen LogP contribution in [0.15, 0.2) is 36.0 Å². The second-order valence-electron chi connectivity index (χ2n) is 3.02. The van der Waals surface area contributed by atoms with Crippen molar-refractivity contribution < 1.29 is 0 Å². The molecule has 0 aromatic carbocycles. The summed E-state index contributed by atoms with van der Waals surface area (Å²) in [6, 6.07) is 0. The molecule has 0 heterocycles. The summed E-state index contributed by atoms with van der Waals surface area (Å²) in [7, 11) is 0. The zero-order chi connectivity index (χ0) is 9.40. The second kappa shape index (κ2) is 6.90. The Hall–Kier alpha value is -0.780. The number of rotatable bonds is 5. The van der Waals surface area contributed by atoms with Gasteiger partial charge in [0.15, 0.2) is 0 Å². The fraction of sp³-hybridized carbons (Fsp3) is 0.500. The van der Waals surface area contributed by atoms with E-state index >= 15 is 0 Å². The van der Waals surface area contributed by atoms with Gasteiger partial charge in [-0.2, -0.15) is 0 Å². The summed E-state index contributed by atoms with van der Waals surface area (Å²) in [5, 5.41) is 0. The van der Waals surface area contributed by atoms with E-state index in [4.69, 9.17) is 0 Å². The predicted octanol–water partition coefficient (Wildman–Crippen LogP) is 4.26. The van der Waals surface area contributed by atoms with E-state index in [1.807, 2.05) is 0 Å². The third-order valence-corrected chi connectivity index (χ3v) is 1.92. The Morgan fingerprint density at radius 1 is 1.33 bits per heavy atom. The molecule has 0 N–H and O–H groups in total. The van der Waals surface area contributed by atoms with E-state index in [1.165, 1.54) is 24.0 Å². The number of allylic oxidation sites excluding steroid dienone is 5. The Kier molecular flexibility index (Phi) is 6.45. The standard InChI is InChI=1S/C12H20/c1-5-7-8-9-10-12(4)11(3)6-2/h8-10H,3,5-7H2,1-2,4H3/b9-8-,12-10+. The topological polar surface area (TPSA) is 0 Å². The lowest BCUT2D eigenvalue weighted by Gasteiger charge is -1.99. The van der Waals surface area contributed by atoms with Crippen LogP contribution in [-0.2, 0) is 0 Å². The molecule has 0 aromatic heterocycles. The molecule has 0 amide bonds. The zero-order valence-corrected chi connectivity index (χ0v) is 8.56. The molecule has 0 nitrogen and oxygen atoms in total. The van der Waals surface area contributed by atoms with Crippen LogP contribution in [0.25, 0.3) is 0 Å². The van der Waals surface area contributed by atoms with Gasteiger partial charge in [-0.05, 0) is 25.3 Å². The first-order valence-corrected chi connectivity index (χ1v) is 4.73. The molecule has 0 rings (SSSR count). The molecule has 0 radical (unpaired) electrons. The minimum absolute atomic E-state index is 1.05. The first-order valence-electron chi connectivity index (χ1n) is 4.73. The van der Waals surface area contributed by atoms with Crippen molar-refractivity contribution in [3.63, 3.8) is 0 Å². The SMILES string of the molecule is C=C(CC)/C(C)=C/C=C\CCC. The van der Waals surface area contributed by atoms with Crippen LogP contribution in [0, 0.1) is 0 Å². The highest BCUT2D eigenvalue weighted by Crippen LogP contribution is 2.09. The van der Waals surface area contributed by atoms with Crippen LogP contribution in [0.1, 0.15) is 40.0 Å². The molecule has 0 spiro atoms. The van der Waals surface area contributed by atoms with Gasteiger partial charge >= 0.3 is 0 Å². The van der Waals surface area contributed by atoms with Crippen molar-refractivity contribution in [3.05, 3.63) is 36.0 Å². The molecule has 0 unspecified atom stereocenters. The molecule has 0 saturated heterocycles. The molecular weight excluding hydrogens is 144 g/mol. The summed E-state index contributed by atoms with van der Waals surface area (Å²) in [6.45, 7) is 10.4. The van der Waals surface area contributed by atoms with E-state index in [0.29, 0.717) is 0 Å². The third-order valence-electron chi connectivity index (χ3n) is 1.92. The quantitative estimate of drug-likeness (QED) is 0.533. The predicted molar refractivity (Wildman–Crippen MR) is 57.2 cm³/mol. The van der Waals surface area contributed by atoms with Crippen LogP contribution in [0.5, 0.6) is 0 Å². The Morgan fingerprint density at radius 2 is 2.00 bits per heavy atom. The molecular formula is C12H20. The van der Waals surface area contributed by atoms with Gasteiger partial charge in [0.05, 0.1) is 0 Å². The summed E-state index contributed by atoms with van der Waals surface area (Å²) < 4.78 is 0. The van der Waals surface area contributed by atoms with Crippen LogP contribution in [0.4, 0.5) is 0 Å². The molecule has 0 heteroatoms. The summed E-state index contributed by atoms with van der Waals surface area (Å²) in [6.07, 6.45) is 9.90. The van der Waals surface area contributed by atoms with Gasteiger partial charge in [0.2, 0.25) is 0 Å². The second-order valence-corrected chi connectivity index (χ2v) is 3.02. The summed E-state index contributed by atoms with van der Waals surface area (Å²) in [4.78, 5) is 0. The smallest absolute Gasteiger partial charge is 0.0311 e. The first-order chi connectivity index (χ1) is 5.72. The Morgan fingerprint density at radius 3 is 2.50 bits per heavy atom. The lowest BCUT2D eigenvalue weighted by atomic mass is 10.1. The van der Waals surface area contributed by atoms with Crippen molar-refractivity contribution in [2.24, 2.45) is 0 Å². The van der Waals surface area contributed by atoms with Crippen molar-refractivity contribution in [2.45, 2.75) is 40.0 Å². The molecule has 0 saturated carbocycles. The third kappa shape index (κ3) is 4.95. The normalized spacial score (nSPS) is 12.4. The maximum absolute atomic E-state index is 3.97. The average Bonchev–Trinajstić information content (AvgIpc) is 2.10. The van der Waals surface area contributed by atoms with Gasteiger partial charge in [0.25, 0.3) is 0 Å². The maximum Gasteiger partial charge on any atom is -0.0311 e. The minimum Gasteiger partial charge on any atom is -0.0956 e. The van der Waals surface area contributed by atoms with Crippen LogP contribution in [0.3, 0.4) is 0 Å². The number of unbranched alkanes of at least 4 members (excludes halogenated alkanes) is 1. The van der Waals surface area contributed by atoms with E-state index in [2.05, 4.69) is 45.6 Å². The van der Waals surface area contributed by atoms with Crippen molar-refractivity contribution in [3.8, 4) is 0 Å². The van der Waals surface area contributed by atoms with E-state index < -0.39 is 0 Å². The fourth-order valence-corrected chi connectivity index (χ4v) is 0.872. The van der Waals surface area contributed by atoms with Gasteiger partial charge in [-0.15, -0.1) is 0 Å². The average molecular weight is 164 g/mol. The van der Waals surface area contributed by atoms with E-state index in [-0.39, 0.29) is 0 Å². The molecule has 12 heavy (non-hydrogen) atoms. The lowest BCUT2D eigenvalue weighted by molar-refractivity contribution is 0.958. The summed E-state index contributed by atoms with van der Waals surface area (Å²) in [5.74, 6) is 0. The van der Waals surface area contributed by atoms with Crippen molar-refractivity contribution in [1.29, 1.82) is 0 Å². The minimum atomic E-state index is 1.05. The van der Waals surface area contributed by atoms with Gasteiger partial charge < -0.3 is 0 Å². The molecule has 0 aromatic rings. The molecule has 0 fully saturated rings. The van der Waals surface area contributed by atoms with Crippen molar-refractivity contribution in [2.75, 3.05) is 0 Å². The molecule has 0 atom stereocenters. The van der Waals surface area contributed by atoms with Crippen LogP contribution < -0.4 is 0 Å². The monoisotopic (exact) mass is 164 g/mol. The Bertz CT molecular complexity index is 182. The van der Waals surface area contributed by atoms with Gasteiger partial charge in [-0.3, -0.25) is 0 Å². The largest absolute Gasteiger partial charge is 0.0956 e. The fourth-order valence-electron chi connectivity index (χ4n) is 0.872. The van der Waals surface area contributed by atoms with Crippen LogP contribution >= 0.6 is 0 Å². The van der Waals surface area contributed by atoms with Gasteiger partial charge in [-0.1, -0.05) is 50.6 Å². The van der Waals surface area contributed by atoms with E-state index in [0.717, 1.165) is 6.42 Å². The van der Waals surface area contributed by atoms with Crippen molar-refractivity contribution in [1.82, 2.24) is 0 Å². The molecule has 0 bridgehead atoms. The molecule has 68 valence electrons. The van der Waals surface area contributed by atoms with E-state index in [1.54, 1.807) is 0 Å². The first kappa shape index (κ1) is 11.2. The van der Waals surface area contributed by atoms with Crippen molar-refractivity contribution >= 4 is 0 Å². The highest BCUT2D eigenvalue weighted by Gasteiger charge is 1.89. The Labute approximate surface area is 76.7 Å². The lowest BCUT2D eigenvalue weighted by Crippen LogP contribution is -1.78. The molecule has 0 aliphatic carbocycles. The Balaban J connectivity index is 3.91. The highest BCUT2D eigenvalue weighted by molar-refractivity contribution is 5.29. The van der Waals surface area contributed by atoms with Gasteiger partial charge in [0, 0.05) is 0 Å². The number of hydrogen-bond donors (Lipinski definition) is 0. The zero-order valence-electron chi connectivity index (χ0n) is 8.56.